The zero-order valence-electron chi connectivity index (χ0n) is 18.7. The average Bonchev–Trinajstić information content (AvgIpc) is 3.46. The van der Waals surface area contributed by atoms with Gasteiger partial charge < -0.3 is 10.2 Å². The lowest BCUT2D eigenvalue weighted by Crippen LogP contribution is -2.08. The Balaban J connectivity index is 0.000000255. The van der Waals surface area contributed by atoms with Crippen molar-refractivity contribution in [3.8, 4) is 11.4 Å². The summed E-state index contributed by atoms with van der Waals surface area (Å²) in [7, 11) is -3.62. The van der Waals surface area contributed by atoms with Gasteiger partial charge in [0.25, 0.3) is 0 Å². The SMILES string of the molecule is C.CS(=O)(=O)c1cc(C(=O)O)n(-c2ccc(F)cc2)n1.CSc1cc(C(=O)O)n(-c2ccc(F)cc2)n1. The molecule has 0 amide bonds. The lowest BCUT2D eigenvalue weighted by atomic mass is 10.3. The van der Waals surface area contributed by atoms with Crippen LogP contribution in [0.1, 0.15) is 28.4 Å². The molecule has 0 bridgehead atoms. The first kappa shape index (κ1) is 29.2. The van der Waals surface area contributed by atoms with E-state index in [1.54, 1.807) is 0 Å². The maximum atomic E-state index is 12.8. The largest absolute Gasteiger partial charge is 0.477 e. The topological polar surface area (TPSA) is 144 Å². The lowest BCUT2D eigenvalue weighted by Gasteiger charge is -2.03. The fourth-order valence-corrected chi connectivity index (χ4v) is 3.81. The van der Waals surface area contributed by atoms with Crippen LogP contribution in [-0.2, 0) is 9.84 Å². The molecule has 0 aliphatic heterocycles. The molecule has 2 aromatic heterocycles. The number of hydrogen-bond acceptors (Lipinski definition) is 7. The predicted molar refractivity (Wildman–Crippen MR) is 133 cm³/mol. The molecule has 0 saturated carbocycles. The van der Waals surface area contributed by atoms with Gasteiger partial charge in [-0.25, -0.2) is 36.2 Å². The Morgan fingerprint density at radius 3 is 1.59 bits per heavy atom. The number of aromatic carboxylic acids is 2. The number of carboxylic acid groups (broad SMARTS) is 2. The first-order valence-corrected chi connectivity index (χ1v) is 12.9. The van der Waals surface area contributed by atoms with Crippen LogP contribution >= 0.6 is 11.8 Å². The number of benzene rings is 2. The average molecular weight is 553 g/mol. The maximum absolute atomic E-state index is 12.8. The fourth-order valence-electron chi connectivity index (χ4n) is 2.86. The van der Waals surface area contributed by atoms with Gasteiger partial charge in [0, 0.05) is 18.4 Å². The highest BCUT2D eigenvalue weighted by Crippen LogP contribution is 2.19. The van der Waals surface area contributed by atoms with E-state index in [1.165, 1.54) is 58.9 Å². The number of hydrogen-bond donors (Lipinski definition) is 2. The minimum Gasteiger partial charge on any atom is -0.477 e. The Hall–Kier alpha value is -4.04. The molecule has 4 aromatic rings. The standard InChI is InChI=1S/C11H9FN2O4S.C11H9FN2O2S.CH4/c1-19(17,18)10-6-9(11(15)16)14(13-10)8-4-2-7(12)3-5-8;1-17-10-6-9(11(15)16)14(13-10)8-4-2-7(12)3-5-8;/h2-6H,1H3,(H,15,16);2-6H,1H3,(H,15,16);1H4. The van der Waals surface area contributed by atoms with Crippen molar-refractivity contribution in [2.24, 2.45) is 0 Å². The van der Waals surface area contributed by atoms with Crippen LogP contribution in [0.4, 0.5) is 8.78 Å². The van der Waals surface area contributed by atoms with Crippen LogP contribution in [0.15, 0.2) is 70.7 Å². The van der Waals surface area contributed by atoms with Crippen LogP contribution in [0.2, 0.25) is 0 Å². The Morgan fingerprint density at radius 2 is 1.22 bits per heavy atom. The molecule has 2 aromatic carbocycles. The summed E-state index contributed by atoms with van der Waals surface area (Å²) in [6.07, 6.45) is 2.74. The van der Waals surface area contributed by atoms with Gasteiger partial charge in [-0.05, 0) is 54.8 Å². The van der Waals surface area contributed by atoms with Crippen molar-refractivity contribution in [1.82, 2.24) is 19.6 Å². The normalized spacial score (nSPS) is 10.7. The zero-order chi connectivity index (χ0) is 26.6. The van der Waals surface area contributed by atoms with Crippen LogP contribution in [0.5, 0.6) is 0 Å². The smallest absolute Gasteiger partial charge is 0.354 e. The summed E-state index contributed by atoms with van der Waals surface area (Å²) in [5.41, 5.74) is 0.519. The highest BCUT2D eigenvalue weighted by molar-refractivity contribution is 7.98. The molecule has 196 valence electrons. The van der Waals surface area contributed by atoms with E-state index in [4.69, 9.17) is 10.2 Å². The number of nitrogens with zero attached hydrogens (tertiary/aromatic N) is 4. The van der Waals surface area contributed by atoms with E-state index < -0.39 is 27.6 Å². The van der Waals surface area contributed by atoms with E-state index in [2.05, 4.69) is 10.2 Å². The van der Waals surface area contributed by atoms with Crippen LogP contribution < -0.4 is 0 Å². The van der Waals surface area contributed by atoms with E-state index in [9.17, 15) is 26.8 Å². The van der Waals surface area contributed by atoms with E-state index in [0.717, 1.165) is 29.1 Å². The molecule has 0 saturated heterocycles. The van der Waals surface area contributed by atoms with Crippen molar-refractivity contribution in [1.29, 1.82) is 0 Å². The van der Waals surface area contributed by atoms with Crippen molar-refractivity contribution < 1.29 is 37.0 Å². The van der Waals surface area contributed by atoms with Gasteiger partial charge in [0.1, 0.15) is 16.7 Å². The summed E-state index contributed by atoms with van der Waals surface area (Å²) in [6.45, 7) is 0. The zero-order valence-corrected chi connectivity index (χ0v) is 20.3. The third-order valence-corrected chi connectivity index (χ3v) is 6.12. The summed E-state index contributed by atoms with van der Waals surface area (Å²) in [5.74, 6) is -3.26. The van der Waals surface area contributed by atoms with Gasteiger partial charge in [-0.3, -0.25) is 0 Å². The third-order valence-electron chi connectivity index (χ3n) is 4.54. The van der Waals surface area contributed by atoms with E-state index >= 15 is 0 Å². The summed E-state index contributed by atoms with van der Waals surface area (Å²) < 4.78 is 50.6. The number of thioether (sulfide) groups is 1. The lowest BCUT2D eigenvalue weighted by molar-refractivity contribution is 0.0676. The maximum Gasteiger partial charge on any atom is 0.354 e. The molecule has 2 N–H and O–H groups in total. The number of aromatic nitrogens is 4. The van der Waals surface area contributed by atoms with Crippen molar-refractivity contribution in [3.05, 3.63) is 83.7 Å². The third kappa shape index (κ3) is 7.01. The highest BCUT2D eigenvalue weighted by atomic mass is 32.2. The quantitative estimate of drug-likeness (QED) is 0.337. The van der Waals surface area contributed by atoms with Gasteiger partial charge in [0.2, 0.25) is 0 Å². The molecule has 0 unspecified atom stereocenters. The molecule has 0 radical (unpaired) electrons. The Morgan fingerprint density at radius 1 is 0.811 bits per heavy atom. The molecule has 14 heteroatoms. The number of sulfone groups is 1. The van der Waals surface area contributed by atoms with Gasteiger partial charge in [0.15, 0.2) is 26.3 Å². The Labute approximate surface area is 215 Å². The number of carboxylic acids is 2. The van der Waals surface area contributed by atoms with Gasteiger partial charge >= 0.3 is 11.9 Å². The number of halogens is 2. The molecule has 37 heavy (non-hydrogen) atoms. The van der Waals surface area contributed by atoms with Crippen LogP contribution in [0, 0.1) is 11.6 Å². The second-order valence-electron chi connectivity index (χ2n) is 7.10. The predicted octanol–water partition coefficient (Wildman–Crippen LogP) is 4.18. The van der Waals surface area contributed by atoms with Crippen molar-refractivity contribution in [3.63, 3.8) is 0 Å². The van der Waals surface area contributed by atoms with Crippen LogP contribution in [-0.4, -0.2) is 62.6 Å². The first-order valence-electron chi connectivity index (χ1n) is 9.83. The summed E-state index contributed by atoms with van der Waals surface area (Å²) in [4.78, 5) is 22.1. The minimum absolute atomic E-state index is 0. The molecule has 0 aliphatic carbocycles. The van der Waals surface area contributed by atoms with Gasteiger partial charge in [-0.15, -0.1) is 11.8 Å². The van der Waals surface area contributed by atoms with E-state index in [-0.39, 0.29) is 35.3 Å². The van der Waals surface area contributed by atoms with Crippen molar-refractivity contribution in [2.75, 3.05) is 12.5 Å². The van der Waals surface area contributed by atoms with Gasteiger partial charge in [0.05, 0.1) is 11.4 Å². The first-order chi connectivity index (χ1) is 16.9. The second kappa shape index (κ2) is 11.8. The Bertz CT molecular complexity index is 1520. The van der Waals surface area contributed by atoms with Gasteiger partial charge in [-0.2, -0.15) is 10.2 Å². The van der Waals surface area contributed by atoms with Crippen LogP contribution in [0.25, 0.3) is 11.4 Å². The second-order valence-corrected chi connectivity index (χ2v) is 9.89. The summed E-state index contributed by atoms with van der Waals surface area (Å²) in [6, 6.07) is 12.8. The monoisotopic (exact) mass is 552 g/mol. The molecular formula is C23H22F2N4O6S2. The molecular weight excluding hydrogens is 530 g/mol. The number of carbonyl (C=O) groups is 2. The Kier molecular flexibility index (Phi) is 9.31. The molecule has 0 spiro atoms. The minimum atomic E-state index is -3.62. The highest BCUT2D eigenvalue weighted by Gasteiger charge is 2.21. The number of rotatable bonds is 6. The summed E-state index contributed by atoms with van der Waals surface area (Å²) >= 11 is 1.35. The molecule has 0 aliphatic rings. The molecule has 4 rings (SSSR count). The van der Waals surface area contributed by atoms with Crippen molar-refractivity contribution >= 4 is 33.5 Å². The van der Waals surface area contributed by atoms with E-state index in [0.29, 0.717) is 10.7 Å². The molecule has 0 atom stereocenters. The molecule has 10 nitrogen and oxygen atoms in total. The molecule has 0 fully saturated rings. The van der Waals surface area contributed by atoms with Crippen LogP contribution in [0.3, 0.4) is 0 Å². The van der Waals surface area contributed by atoms with E-state index in [1.807, 2.05) is 6.26 Å². The fraction of sp³-hybridized carbons (Fsp3) is 0.130. The van der Waals surface area contributed by atoms with Crippen molar-refractivity contribution in [2.45, 2.75) is 17.5 Å². The van der Waals surface area contributed by atoms with Gasteiger partial charge in [-0.1, -0.05) is 7.43 Å². The summed E-state index contributed by atoms with van der Waals surface area (Å²) in [5, 5.41) is 26.2. The molecule has 2 heterocycles.